The van der Waals surface area contributed by atoms with E-state index in [1.807, 2.05) is 0 Å². The fourth-order valence-corrected chi connectivity index (χ4v) is 6.10. The molecule has 0 spiro atoms. The highest BCUT2D eigenvalue weighted by molar-refractivity contribution is 7.92. The second kappa shape index (κ2) is 9.00. The van der Waals surface area contributed by atoms with Crippen molar-refractivity contribution in [2.75, 3.05) is 13.2 Å². The smallest absolute Gasteiger partial charge is 0.422 e. The van der Waals surface area contributed by atoms with Gasteiger partial charge in [-0.15, -0.1) is 0 Å². The van der Waals surface area contributed by atoms with Crippen molar-refractivity contribution in [2.45, 2.75) is 36.3 Å². The number of carbonyl (C=O) groups excluding carboxylic acids is 1. The van der Waals surface area contributed by atoms with Gasteiger partial charge in [-0.2, -0.15) is 30.8 Å². The SMILES string of the molecule is Cc1nc(OCC(F)(F)F)sc1S(=O)(=O)n1cc2c(n1)CN(C(=O)[C@H](CO)c1ccccc1)C2. The summed E-state index contributed by atoms with van der Waals surface area (Å²) in [5.74, 6) is -1.07. The normalized spacial score (nSPS) is 14.8. The van der Waals surface area contributed by atoms with Gasteiger partial charge in [0.25, 0.3) is 15.2 Å². The van der Waals surface area contributed by atoms with Crippen molar-refractivity contribution in [2.24, 2.45) is 0 Å². The number of benzene rings is 1. The zero-order chi connectivity index (χ0) is 24.7. The number of ether oxygens (including phenoxy) is 1. The molecule has 1 aliphatic rings. The van der Waals surface area contributed by atoms with Crippen LogP contribution in [0.2, 0.25) is 0 Å². The van der Waals surface area contributed by atoms with Gasteiger partial charge in [0.1, 0.15) is 0 Å². The molecule has 1 N–H and O–H groups in total. The number of carbonyl (C=O) groups is 1. The highest BCUT2D eigenvalue weighted by Crippen LogP contribution is 2.33. The zero-order valence-corrected chi connectivity index (χ0v) is 19.3. The Hall–Kier alpha value is -2.97. The summed E-state index contributed by atoms with van der Waals surface area (Å²) < 4.78 is 68.1. The molecule has 3 heterocycles. The molecule has 1 atom stereocenters. The van der Waals surface area contributed by atoms with Crippen molar-refractivity contribution in [1.29, 1.82) is 0 Å². The second-order valence-electron chi connectivity index (χ2n) is 7.58. The summed E-state index contributed by atoms with van der Waals surface area (Å²) in [7, 11) is -4.23. The van der Waals surface area contributed by atoms with Crippen molar-refractivity contribution in [3.05, 3.63) is 59.0 Å². The minimum Gasteiger partial charge on any atom is -0.460 e. The average Bonchev–Trinajstić information content (AvgIpc) is 3.46. The van der Waals surface area contributed by atoms with E-state index < -0.39 is 33.9 Å². The Labute approximate surface area is 196 Å². The average molecular weight is 517 g/mol. The summed E-state index contributed by atoms with van der Waals surface area (Å²) in [4.78, 5) is 18.2. The number of rotatable bonds is 7. The van der Waals surface area contributed by atoms with Crippen LogP contribution in [0.4, 0.5) is 13.2 Å². The molecular formula is C20H19F3N4O5S2. The summed E-state index contributed by atoms with van der Waals surface area (Å²) in [6.45, 7) is -0.456. The molecule has 14 heteroatoms. The lowest BCUT2D eigenvalue weighted by molar-refractivity contribution is -0.153. The summed E-state index contributed by atoms with van der Waals surface area (Å²) in [6, 6.07) is 8.81. The molecule has 1 aliphatic heterocycles. The van der Waals surface area contributed by atoms with Gasteiger partial charge in [-0.3, -0.25) is 4.79 Å². The van der Waals surface area contributed by atoms with Gasteiger partial charge in [-0.25, -0.2) is 4.98 Å². The van der Waals surface area contributed by atoms with Crippen LogP contribution in [-0.4, -0.2) is 57.9 Å². The summed E-state index contributed by atoms with van der Waals surface area (Å²) in [5.41, 5.74) is 1.54. The van der Waals surface area contributed by atoms with Crippen molar-refractivity contribution >= 4 is 27.3 Å². The number of thiazole rings is 1. The quantitative estimate of drug-likeness (QED) is 0.513. The second-order valence-corrected chi connectivity index (χ2v) is 10.5. The number of aliphatic hydroxyl groups excluding tert-OH is 1. The molecule has 0 fully saturated rings. The van der Waals surface area contributed by atoms with E-state index >= 15 is 0 Å². The molecule has 182 valence electrons. The van der Waals surface area contributed by atoms with Gasteiger partial charge >= 0.3 is 6.18 Å². The molecule has 34 heavy (non-hydrogen) atoms. The molecule has 4 rings (SSSR count). The van der Waals surface area contributed by atoms with Gasteiger partial charge < -0.3 is 14.7 Å². The minimum absolute atomic E-state index is 0.0108. The lowest BCUT2D eigenvalue weighted by Crippen LogP contribution is -2.33. The maximum Gasteiger partial charge on any atom is 0.422 e. The molecule has 9 nitrogen and oxygen atoms in total. The first-order valence-electron chi connectivity index (χ1n) is 9.94. The monoisotopic (exact) mass is 516 g/mol. The lowest BCUT2D eigenvalue weighted by Gasteiger charge is -2.22. The number of nitrogens with zero attached hydrogens (tertiary/aromatic N) is 4. The van der Waals surface area contributed by atoms with E-state index in [9.17, 15) is 31.5 Å². The lowest BCUT2D eigenvalue weighted by atomic mass is 9.98. The van der Waals surface area contributed by atoms with Crippen LogP contribution >= 0.6 is 11.3 Å². The van der Waals surface area contributed by atoms with Crippen molar-refractivity contribution in [3.8, 4) is 5.19 Å². The van der Waals surface area contributed by atoms with Gasteiger partial charge in [-0.1, -0.05) is 41.7 Å². The van der Waals surface area contributed by atoms with Crippen LogP contribution in [0, 0.1) is 6.92 Å². The van der Waals surface area contributed by atoms with Crippen LogP contribution in [0.15, 0.2) is 40.7 Å². The zero-order valence-electron chi connectivity index (χ0n) is 17.7. The van der Waals surface area contributed by atoms with Gasteiger partial charge in [0, 0.05) is 18.3 Å². The fourth-order valence-electron chi connectivity index (χ4n) is 3.53. The first kappa shape index (κ1) is 24.2. The highest BCUT2D eigenvalue weighted by Gasteiger charge is 2.35. The molecule has 3 aromatic rings. The Morgan fingerprint density at radius 2 is 1.97 bits per heavy atom. The molecule has 0 bridgehead atoms. The van der Waals surface area contributed by atoms with Gasteiger partial charge in [0.05, 0.1) is 30.5 Å². The van der Waals surface area contributed by atoms with E-state index in [-0.39, 0.29) is 35.5 Å². The molecule has 0 radical (unpaired) electrons. The molecular weight excluding hydrogens is 497 g/mol. The van der Waals surface area contributed by atoms with E-state index in [1.54, 1.807) is 30.3 Å². The molecule has 0 saturated heterocycles. The molecule has 1 aromatic carbocycles. The van der Waals surface area contributed by atoms with Crippen molar-refractivity contribution in [3.63, 3.8) is 0 Å². The molecule has 0 saturated carbocycles. The summed E-state index contributed by atoms with van der Waals surface area (Å²) >= 11 is 0.478. The molecule has 0 aliphatic carbocycles. The Kier molecular flexibility index (Phi) is 6.40. The number of amides is 1. The van der Waals surface area contributed by atoms with E-state index in [0.717, 1.165) is 4.09 Å². The number of aromatic nitrogens is 3. The Balaban J connectivity index is 1.51. The Morgan fingerprint density at radius 1 is 1.26 bits per heavy atom. The first-order valence-corrected chi connectivity index (χ1v) is 12.2. The summed E-state index contributed by atoms with van der Waals surface area (Å²) in [6.07, 6.45) is -3.32. The van der Waals surface area contributed by atoms with Crippen LogP contribution in [0.25, 0.3) is 0 Å². The molecule has 2 aromatic heterocycles. The Morgan fingerprint density at radius 3 is 2.59 bits per heavy atom. The minimum atomic E-state index is -4.58. The number of aryl methyl sites for hydroxylation is 1. The van der Waals surface area contributed by atoms with Crippen LogP contribution in [-0.2, 0) is 27.9 Å². The first-order chi connectivity index (χ1) is 16.0. The van der Waals surface area contributed by atoms with E-state index in [1.165, 1.54) is 18.0 Å². The van der Waals surface area contributed by atoms with Gasteiger partial charge in [0.15, 0.2) is 10.8 Å². The van der Waals surface area contributed by atoms with E-state index in [4.69, 9.17) is 0 Å². The number of hydrogen-bond donors (Lipinski definition) is 1. The number of alkyl halides is 3. The predicted molar refractivity (Wildman–Crippen MR) is 114 cm³/mol. The number of fused-ring (bicyclic) bond motifs is 1. The number of aliphatic hydroxyl groups is 1. The third-order valence-electron chi connectivity index (χ3n) is 5.13. The maximum absolute atomic E-state index is 13.0. The van der Waals surface area contributed by atoms with Crippen LogP contribution in [0.5, 0.6) is 5.19 Å². The van der Waals surface area contributed by atoms with Crippen molar-refractivity contribution < 1.29 is 36.2 Å². The van der Waals surface area contributed by atoms with Crippen LogP contribution in [0.3, 0.4) is 0 Å². The van der Waals surface area contributed by atoms with E-state index in [0.29, 0.717) is 28.2 Å². The highest BCUT2D eigenvalue weighted by atomic mass is 32.2. The van der Waals surface area contributed by atoms with Crippen LogP contribution in [0.1, 0.15) is 28.4 Å². The van der Waals surface area contributed by atoms with E-state index in [2.05, 4.69) is 14.8 Å². The number of hydrogen-bond acceptors (Lipinski definition) is 8. The van der Waals surface area contributed by atoms with Crippen LogP contribution < -0.4 is 4.74 Å². The third-order valence-corrected chi connectivity index (χ3v) is 8.32. The van der Waals surface area contributed by atoms with Crippen molar-refractivity contribution in [1.82, 2.24) is 19.1 Å². The largest absolute Gasteiger partial charge is 0.460 e. The molecule has 0 unspecified atom stereocenters. The topological polar surface area (TPSA) is 115 Å². The fraction of sp³-hybridized carbons (Fsp3) is 0.350. The summed E-state index contributed by atoms with van der Waals surface area (Å²) in [5, 5.41) is 13.4. The Bertz CT molecular complexity index is 1280. The molecule has 1 amide bonds. The number of halogens is 3. The third kappa shape index (κ3) is 4.79. The van der Waals surface area contributed by atoms with Gasteiger partial charge in [0.2, 0.25) is 5.91 Å². The maximum atomic E-state index is 13.0. The predicted octanol–water partition coefficient (Wildman–Crippen LogP) is 2.44. The van der Waals surface area contributed by atoms with Gasteiger partial charge in [-0.05, 0) is 12.5 Å². The standard InChI is InChI=1S/C20H19F3N4O5S2/c1-12-18(33-19(24-12)32-11-20(21,22)23)34(30,31)27-8-14-7-26(9-16(14)25-27)17(29)15(10-28)13-5-3-2-4-6-13/h2-6,8,15,28H,7,9-11H2,1H3/t15-/m1/s1.